The van der Waals surface area contributed by atoms with E-state index in [0.29, 0.717) is 12.1 Å². The Kier molecular flexibility index (Phi) is 5.36. The van der Waals surface area contributed by atoms with E-state index in [0.717, 1.165) is 38.2 Å². The summed E-state index contributed by atoms with van der Waals surface area (Å²) in [5, 5.41) is 11.2. The molecule has 1 aliphatic heterocycles. The molecule has 0 unspecified atom stereocenters. The molecule has 3 nitrogen and oxygen atoms in total. The maximum atomic E-state index is 13.9. The molecule has 130 valence electrons. The Morgan fingerprint density at radius 1 is 1.12 bits per heavy atom. The summed E-state index contributed by atoms with van der Waals surface area (Å²) in [7, 11) is 0. The minimum atomic E-state index is -0.808. The van der Waals surface area contributed by atoms with Crippen molar-refractivity contribution in [2.45, 2.75) is 44.8 Å². The summed E-state index contributed by atoms with van der Waals surface area (Å²) in [6, 6.07) is 10.8. The number of rotatable bonds is 6. The van der Waals surface area contributed by atoms with Crippen molar-refractivity contribution < 1.29 is 9.50 Å². The van der Waals surface area contributed by atoms with Gasteiger partial charge in [-0.3, -0.25) is 0 Å². The molecule has 3 rings (SSSR count). The summed E-state index contributed by atoms with van der Waals surface area (Å²) in [5.41, 5.74) is 0.747. The maximum absolute atomic E-state index is 13.9. The molecule has 0 atom stereocenters. The van der Waals surface area contributed by atoms with E-state index in [4.69, 9.17) is 0 Å². The van der Waals surface area contributed by atoms with Gasteiger partial charge in [-0.15, -0.1) is 0 Å². The first-order chi connectivity index (χ1) is 11.6. The van der Waals surface area contributed by atoms with Crippen molar-refractivity contribution in [2.75, 3.05) is 19.6 Å². The SMILES string of the molecule is CCCCN1CCC(O)(c2cccn2Cc2ccccc2F)CC1. The van der Waals surface area contributed by atoms with Gasteiger partial charge in [0, 0.05) is 30.5 Å². The number of unbranched alkanes of at least 4 members (excludes halogenated alkanes) is 1. The van der Waals surface area contributed by atoms with Crippen LogP contribution in [-0.2, 0) is 12.1 Å². The molecular formula is C20H27FN2O. The molecule has 24 heavy (non-hydrogen) atoms. The van der Waals surface area contributed by atoms with E-state index in [1.165, 1.54) is 18.9 Å². The van der Waals surface area contributed by atoms with Crippen molar-refractivity contribution in [2.24, 2.45) is 0 Å². The zero-order valence-electron chi connectivity index (χ0n) is 14.4. The van der Waals surface area contributed by atoms with E-state index < -0.39 is 5.60 Å². The van der Waals surface area contributed by atoms with Crippen LogP contribution < -0.4 is 0 Å². The lowest BCUT2D eigenvalue weighted by Gasteiger charge is -2.38. The molecule has 2 heterocycles. The largest absolute Gasteiger partial charge is 0.384 e. The third-order valence-corrected chi connectivity index (χ3v) is 5.12. The van der Waals surface area contributed by atoms with Crippen molar-refractivity contribution in [3.63, 3.8) is 0 Å². The van der Waals surface area contributed by atoms with Gasteiger partial charge in [-0.1, -0.05) is 31.5 Å². The molecule has 0 amide bonds. The number of likely N-dealkylation sites (tertiary alicyclic amines) is 1. The Morgan fingerprint density at radius 3 is 2.58 bits per heavy atom. The molecule has 1 aromatic carbocycles. The first kappa shape index (κ1) is 17.2. The van der Waals surface area contributed by atoms with Gasteiger partial charge in [-0.2, -0.15) is 0 Å². The van der Waals surface area contributed by atoms with Gasteiger partial charge in [0.15, 0.2) is 0 Å². The lowest BCUT2D eigenvalue weighted by atomic mass is 9.88. The van der Waals surface area contributed by atoms with Crippen LogP contribution in [0.5, 0.6) is 0 Å². The van der Waals surface area contributed by atoms with Crippen LogP contribution in [0.2, 0.25) is 0 Å². The normalized spacial score (nSPS) is 18.0. The minimum absolute atomic E-state index is 0.196. The molecule has 1 N–H and O–H groups in total. The molecule has 4 heteroatoms. The zero-order chi connectivity index (χ0) is 17.0. The number of benzene rings is 1. The molecule has 0 bridgehead atoms. The lowest BCUT2D eigenvalue weighted by Crippen LogP contribution is -2.43. The van der Waals surface area contributed by atoms with Gasteiger partial charge in [-0.05, 0) is 44.0 Å². The smallest absolute Gasteiger partial charge is 0.128 e. The van der Waals surface area contributed by atoms with Crippen LogP contribution in [0.3, 0.4) is 0 Å². The predicted molar refractivity (Wildman–Crippen MR) is 94.4 cm³/mol. The van der Waals surface area contributed by atoms with Gasteiger partial charge in [0.1, 0.15) is 11.4 Å². The van der Waals surface area contributed by atoms with Crippen molar-refractivity contribution >= 4 is 0 Å². The van der Waals surface area contributed by atoms with E-state index in [9.17, 15) is 9.50 Å². The summed E-state index contributed by atoms with van der Waals surface area (Å²) in [6.45, 7) is 5.61. The van der Waals surface area contributed by atoms with Gasteiger partial charge >= 0.3 is 0 Å². The van der Waals surface area contributed by atoms with E-state index in [-0.39, 0.29) is 5.82 Å². The molecule has 1 fully saturated rings. The fraction of sp³-hybridized carbons (Fsp3) is 0.500. The van der Waals surface area contributed by atoms with Crippen molar-refractivity contribution in [1.29, 1.82) is 0 Å². The second kappa shape index (κ2) is 7.49. The molecular weight excluding hydrogens is 303 g/mol. The van der Waals surface area contributed by atoms with Crippen LogP contribution in [0, 0.1) is 5.82 Å². The number of nitrogens with zero attached hydrogens (tertiary/aromatic N) is 2. The Balaban J connectivity index is 1.72. The molecule has 0 radical (unpaired) electrons. The van der Waals surface area contributed by atoms with Gasteiger partial charge < -0.3 is 14.6 Å². The van der Waals surface area contributed by atoms with E-state index in [1.54, 1.807) is 12.1 Å². The van der Waals surface area contributed by atoms with Gasteiger partial charge in [-0.25, -0.2) is 4.39 Å². The monoisotopic (exact) mass is 330 g/mol. The van der Waals surface area contributed by atoms with Crippen LogP contribution >= 0.6 is 0 Å². The summed E-state index contributed by atoms with van der Waals surface area (Å²) >= 11 is 0. The third-order valence-electron chi connectivity index (χ3n) is 5.12. The van der Waals surface area contributed by atoms with Gasteiger partial charge in [0.05, 0.1) is 6.54 Å². The highest BCUT2D eigenvalue weighted by molar-refractivity contribution is 5.22. The van der Waals surface area contributed by atoms with Crippen LogP contribution in [0.25, 0.3) is 0 Å². The first-order valence-electron chi connectivity index (χ1n) is 8.96. The van der Waals surface area contributed by atoms with Gasteiger partial charge in [0.2, 0.25) is 0 Å². The second-order valence-corrected chi connectivity index (χ2v) is 6.84. The van der Waals surface area contributed by atoms with E-state index >= 15 is 0 Å². The molecule has 0 spiro atoms. The minimum Gasteiger partial charge on any atom is -0.384 e. The topological polar surface area (TPSA) is 28.4 Å². The molecule has 2 aromatic rings. The first-order valence-corrected chi connectivity index (χ1v) is 8.96. The summed E-state index contributed by atoms with van der Waals surface area (Å²) < 4.78 is 15.9. The van der Waals surface area contributed by atoms with E-state index in [1.807, 2.05) is 29.0 Å². The Morgan fingerprint density at radius 2 is 1.88 bits per heavy atom. The highest BCUT2D eigenvalue weighted by atomic mass is 19.1. The summed E-state index contributed by atoms with van der Waals surface area (Å²) in [5.74, 6) is -0.196. The third kappa shape index (κ3) is 3.70. The standard InChI is InChI=1S/C20H27FN2O/c1-2-3-12-22-14-10-20(24,11-15-22)19-9-6-13-23(19)16-17-7-4-5-8-18(17)21/h4-9,13,24H,2-3,10-12,14-16H2,1H3. The van der Waals surface area contributed by atoms with Gasteiger partial charge in [0.25, 0.3) is 0 Å². The lowest BCUT2D eigenvalue weighted by molar-refractivity contribution is -0.0317. The van der Waals surface area contributed by atoms with Crippen LogP contribution in [0.15, 0.2) is 42.6 Å². The number of hydrogen-bond acceptors (Lipinski definition) is 2. The highest BCUT2D eigenvalue weighted by Crippen LogP contribution is 2.33. The van der Waals surface area contributed by atoms with Crippen LogP contribution in [0.4, 0.5) is 4.39 Å². The summed E-state index contributed by atoms with van der Waals surface area (Å²) in [6.07, 6.45) is 5.81. The zero-order valence-corrected chi connectivity index (χ0v) is 14.4. The average Bonchev–Trinajstić information content (AvgIpc) is 3.06. The Hall–Kier alpha value is -1.65. The number of hydrogen-bond donors (Lipinski definition) is 1. The fourth-order valence-corrected chi connectivity index (χ4v) is 3.57. The Labute approximate surface area is 143 Å². The maximum Gasteiger partial charge on any atom is 0.128 e. The van der Waals surface area contributed by atoms with Crippen molar-refractivity contribution in [3.8, 4) is 0 Å². The Bertz CT molecular complexity index is 659. The van der Waals surface area contributed by atoms with Crippen molar-refractivity contribution in [1.82, 2.24) is 9.47 Å². The number of aliphatic hydroxyl groups is 1. The van der Waals surface area contributed by atoms with Crippen LogP contribution in [-0.4, -0.2) is 34.2 Å². The average molecular weight is 330 g/mol. The fourth-order valence-electron chi connectivity index (χ4n) is 3.57. The van der Waals surface area contributed by atoms with Crippen molar-refractivity contribution in [3.05, 3.63) is 59.7 Å². The molecule has 1 aliphatic rings. The second-order valence-electron chi connectivity index (χ2n) is 6.84. The highest BCUT2D eigenvalue weighted by Gasteiger charge is 2.35. The molecule has 1 saturated heterocycles. The molecule has 0 saturated carbocycles. The predicted octanol–water partition coefficient (Wildman–Crippen LogP) is 3.76. The number of halogens is 1. The molecule has 1 aromatic heterocycles. The van der Waals surface area contributed by atoms with E-state index in [2.05, 4.69) is 11.8 Å². The summed E-state index contributed by atoms with van der Waals surface area (Å²) in [4.78, 5) is 2.43. The number of aromatic nitrogens is 1. The quantitative estimate of drug-likeness (QED) is 0.873. The molecule has 0 aliphatic carbocycles. The van der Waals surface area contributed by atoms with Crippen LogP contribution in [0.1, 0.15) is 43.9 Å². The number of piperidine rings is 1.